The standard InChI is InChI=1S/C23H25F2N7O4S2/c24-21(25)22-28-29-23(37-22)32-18-8-15(38(34,35)30-14-11-36-12-14)7-17(16(18)9-27-32)31-6-5-26-10-19(31)20(33)13-3-1-2-4-13/h7-9,13,19,21,26H,1-6,10-12H2. The molecule has 38 heavy (non-hydrogen) atoms. The third-order valence-electron chi connectivity index (χ3n) is 7.16. The molecule has 4 heterocycles. The van der Waals surface area contributed by atoms with E-state index in [4.69, 9.17) is 4.74 Å². The summed E-state index contributed by atoms with van der Waals surface area (Å²) < 4.78 is 63.3. The Kier molecular flexibility index (Phi) is 6.70. The number of rotatable bonds is 7. The average Bonchev–Trinajstić information content (AvgIpc) is 3.65. The second-order valence-electron chi connectivity index (χ2n) is 9.58. The maximum Gasteiger partial charge on any atom is 0.291 e. The van der Waals surface area contributed by atoms with E-state index >= 15 is 0 Å². The zero-order chi connectivity index (χ0) is 26.4. The molecule has 1 unspecified atom stereocenters. The second-order valence-corrected chi connectivity index (χ2v) is 12.2. The third-order valence-corrected chi connectivity index (χ3v) is 9.40. The lowest BCUT2D eigenvalue weighted by atomic mass is 9.94. The van der Waals surface area contributed by atoms with Crippen molar-refractivity contribution in [1.82, 2.24) is 25.3 Å². The van der Waals surface area contributed by atoms with E-state index in [9.17, 15) is 22.0 Å². The first-order valence-corrected chi connectivity index (χ1v) is 14.6. The molecule has 1 aliphatic carbocycles. The average molecular weight is 566 g/mol. The first-order valence-electron chi connectivity index (χ1n) is 12.4. The van der Waals surface area contributed by atoms with E-state index in [-0.39, 0.29) is 34.9 Å². The van der Waals surface area contributed by atoms with E-state index in [1.807, 2.05) is 4.90 Å². The van der Waals surface area contributed by atoms with Gasteiger partial charge in [0, 0.05) is 36.6 Å². The quantitative estimate of drug-likeness (QED) is 0.459. The minimum Gasteiger partial charge on any atom is -0.369 e. The molecule has 0 spiro atoms. The van der Waals surface area contributed by atoms with E-state index in [1.165, 1.54) is 23.0 Å². The number of carbonyl (C=O) groups excluding carboxylic acids is 1. The lowest BCUT2D eigenvalue weighted by Crippen LogP contribution is -2.56. The Morgan fingerprint density at radius 1 is 1.21 bits per heavy atom. The fraction of sp³-hybridized carbons (Fsp3) is 0.522. The van der Waals surface area contributed by atoms with E-state index in [0.29, 0.717) is 53.3 Å². The van der Waals surface area contributed by atoms with Crippen molar-refractivity contribution < 1.29 is 26.7 Å². The number of Topliss-reactive ketones (excluding diaryl/α,β-unsaturated/α-hetero) is 1. The molecule has 2 saturated heterocycles. The van der Waals surface area contributed by atoms with Crippen LogP contribution in [-0.2, 0) is 19.6 Å². The van der Waals surface area contributed by atoms with Crippen LogP contribution in [0.15, 0.2) is 27.6 Å². The van der Waals surface area contributed by atoms with Gasteiger partial charge in [0.2, 0.25) is 5.13 Å². The van der Waals surface area contributed by atoms with Crippen LogP contribution in [0.2, 0.25) is 0 Å². The fourth-order valence-electron chi connectivity index (χ4n) is 5.22. The number of ether oxygens (including phenoxy) is 1. The van der Waals surface area contributed by atoms with E-state index in [0.717, 1.165) is 25.7 Å². The maximum atomic E-state index is 13.5. The highest BCUT2D eigenvalue weighted by atomic mass is 32.2. The molecule has 1 atom stereocenters. The molecule has 3 fully saturated rings. The molecule has 2 aromatic heterocycles. The number of halogens is 2. The minimum absolute atomic E-state index is 0.0216. The van der Waals surface area contributed by atoms with Crippen LogP contribution in [0.25, 0.3) is 16.0 Å². The maximum absolute atomic E-state index is 13.5. The number of benzene rings is 1. The predicted molar refractivity (Wildman–Crippen MR) is 136 cm³/mol. The molecule has 3 aromatic rings. The SMILES string of the molecule is O=C(C1CCCC1)C1CNCCN1c1cc(S(=O)(=O)N=C2COC2)cc2c1cnn2-c1nnc(C(F)F)s1. The third kappa shape index (κ3) is 4.61. The zero-order valence-corrected chi connectivity index (χ0v) is 21.8. The molecule has 0 amide bonds. The van der Waals surface area contributed by atoms with E-state index < -0.39 is 27.5 Å². The van der Waals surface area contributed by atoms with Crippen LogP contribution < -0.4 is 10.2 Å². The van der Waals surface area contributed by atoms with Gasteiger partial charge in [0.15, 0.2) is 10.8 Å². The summed E-state index contributed by atoms with van der Waals surface area (Å²) in [6, 6.07) is 2.46. The second kappa shape index (κ2) is 10.0. The molecular weight excluding hydrogens is 540 g/mol. The number of fused-ring (bicyclic) bond motifs is 1. The molecule has 1 saturated carbocycles. The summed E-state index contributed by atoms with van der Waals surface area (Å²) >= 11 is 0.671. The summed E-state index contributed by atoms with van der Waals surface area (Å²) in [4.78, 5) is 15.4. The Labute approximate surface area is 220 Å². The Bertz CT molecular complexity index is 1510. The van der Waals surface area contributed by atoms with Gasteiger partial charge in [-0.2, -0.15) is 17.9 Å². The van der Waals surface area contributed by atoms with Crippen molar-refractivity contribution in [1.29, 1.82) is 0 Å². The van der Waals surface area contributed by atoms with Crippen LogP contribution in [0, 0.1) is 5.92 Å². The van der Waals surface area contributed by atoms with E-state index in [1.54, 1.807) is 0 Å². The highest BCUT2D eigenvalue weighted by Gasteiger charge is 2.36. The first-order chi connectivity index (χ1) is 18.3. The summed E-state index contributed by atoms with van der Waals surface area (Å²) in [5.41, 5.74) is 1.27. The number of nitrogens with zero attached hydrogens (tertiary/aromatic N) is 6. The van der Waals surface area contributed by atoms with Crippen LogP contribution in [0.5, 0.6) is 0 Å². The van der Waals surface area contributed by atoms with Gasteiger partial charge in [0.1, 0.15) is 6.04 Å². The molecule has 0 radical (unpaired) electrons. The molecule has 202 valence electrons. The van der Waals surface area contributed by atoms with Crippen molar-refractivity contribution in [2.24, 2.45) is 10.3 Å². The van der Waals surface area contributed by atoms with Crippen LogP contribution >= 0.6 is 11.3 Å². The number of anilines is 1. The Morgan fingerprint density at radius 2 is 2.00 bits per heavy atom. The van der Waals surface area contributed by atoms with Crippen LogP contribution in [-0.4, -0.2) is 78.8 Å². The van der Waals surface area contributed by atoms with E-state index in [2.05, 4.69) is 25.0 Å². The highest BCUT2D eigenvalue weighted by Crippen LogP contribution is 2.37. The smallest absolute Gasteiger partial charge is 0.291 e. The number of nitrogens with one attached hydrogen (secondary N) is 1. The lowest BCUT2D eigenvalue weighted by Gasteiger charge is -2.38. The number of hydrogen-bond acceptors (Lipinski definition) is 10. The van der Waals surface area contributed by atoms with Gasteiger partial charge >= 0.3 is 0 Å². The van der Waals surface area contributed by atoms with Crippen molar-refractivity contribution in [3.63, 3.8) is 0 Å². The number of piperazine rings is 1. The molecule has 1 N–H and O–H groups in total. The number of alkyl halides is 2. The van der Waals surface area contributed by atoms with Crippen molar-refractivity contribution in [3.8, 4) is 5.13 Å². The van der Waals surface area contributed by atoms with Crippen molar-refractivity contribution in [2.45, 2.75) is 43.0 Å². The van der Waals surface area contributed by atoms with Crippen molar-refractivity contribution in [3.05, 3.63) is 23.3 Å². The van der Waals surface area contributed by atoms with Gasteiger partial charge in [-0.25, -0.2) is 13.5 Å². The normalized spacial score (nSPS) is 20.9. The Morgan fingerprint density at radius 3 is 2.68 bits per heavy atom. The van der Waals surface area contributed by atoms with Gasteiger partial charge in [-0.3, -0.25) is 4.79 Å². The molecule has 2 aliphatic heterocycles. The van der Waals surface area contributed by atoms with Crippen molar-refractivity contribution >= 4 is 49.4 Å². The Balaban J connectivity index is 1.50. The minimum atomic E-state index is -4.12. The molecular formula is C23H25F2N7O4S2. The highest BCUT2D eigenvalue weighted by molar-refractivity contribution is 7.90. The summed E-state index contributed by atoms with van der Waals surface area (Å²) in [6.07, 6.45) is 2.50. The summed E-state index contributed by atoms with van der Waals surface area (Å²) in [6.45, 7) is 1.81. The lowest BCUT2D eigenvalue weighted by molar-refractivity contribution is -0.124. The molecule has 0 bridgehead atoms. The number of hydrogen-bond donors (Lipinski definition) is 1. The molecule has 1 aromatic carbocycles. The Hall–Kier alpha value is -2.88. The summed E-state index contributed by atoms with van der Waals surface area (Å²) in [5, 5.41) is 15.2. The van der Waals surface area contributed by atoms with Gasteiger partial charge in [-0.1, -0.05) is 24.2 Å². The van der Waals surface area contributed by atoms with Gasteiger partial charge in [0.05, 0.1) is 35.5 Å². The van der Waals surface area contributed by atoms with Crippen molar-refractivity contribution in [2.75, 3.05) is 37.7 Å². The molecule has 6 rings (SSSR count). The van der Waals surface area contributed by atoms with Gasteiger partial charge in [-0.15, -0.1) is 10.2 Å². The number of aromatic nitrogens is 4. The predicted octanol–water partition coefficient (Wildman–Crippen LogP) is 2.51. The first kappa shape index (κ1) is 25.4. The molecule has 3 aliphatic rings. The van der Waals surface area contributed by atoms with Gasteiger partial charge in [0.25, 0.3) is 16.4 Å². The van der Waals surface area contributed by atoms with Crippen LogP contribution in [0.4, 0.5) is 14.5 Å². The molecule has 11 nitrogen and oxygen atoms in total. The number of carbonyl (C=O) groups is 1. The fourth-order valence-corrected chi connectivity index (χ4v) is 6.96. The van der Waals surface area contributed by atoms with Gasteiger partial charge < -0.3 is 15.0 Å². The topological polar surface area (TPSA) is 132 Å². The van der Waals surface area contributed by atoms with Crippen LogP contribution in [0.3, 0.4) is 0 Å². The number of ketones is 1. The van der Waals surface area contributed by atoms with Gasteiger partial charge in [-0.05, 0) is 25.0 Å². The van der Waals surface area contributed by atoms with Crippen LogP contribution in [0.1, 0.15) is 37.1 Å². The molecule has 15 heteroatoms. The number of sulfonamides is 1. The largest absolute Gasteiger partial charge is 0.369 e. The summed E-state index contributed by atoms with van der Waals surface area (Å²) in [5.74, 6) is 0.118. The monoisotopic (exact) mass is 565 g/mol. The zero-order valence-electron chi connectivity index (χ0n) is 20.2. The summed E-state index contributed by atoms with van der Waals surface area (Å²) in [7, 11) is -4.12.